The van der Waals surface area contributed by atoms with E-state index in [9.17, 15) is 9.59 Å². The van der Waals surface area contributed by atoms with Gasteiger partial charge in [-0.25, -0.2) is 4.79 Å². The van der Waals surface area contributed by atoms with Gasteiger partial charge in [0, 0.05) is 32.5 Å². The molecule has 10 heteroatoms. The summed E-state index contributed by atoms with van der Waals surface area (Å²) >= 11 is 0. The molecule has 6 rings (SSSR count). The molecule has 0 spiro atoms. The van der Waals surface area contributed by atoms with Gasteiger partial charge in [-0.15, -0.1) is 0 Å². The van der Waals surface area contributed by atoms with Crippen LogP contribution in [-0.2, 0) is 18.7 Å². The lowest BCUT2D eigenvalue weighted by molar-refractivity contribution is -0.201. The van der Waals surface area contributed by atoms with Gasteiger partial charge in [0.25, 0.3) is 5.56 Å². The molecule has 1 N–H and O–H groups in total. The van der Waals surface area contributed by atoms with Gasteiger partial charge in [-0.2, -0.15) is 5.06 Å². The van der Waals surface area contributed by atoms with Crippen molar-refractivity contribution in [1.29, 1.82) is 0 Å². The van der Waals surface area contributed by atoms with Gasteiger partial charge in [0.2, 0.25) is 0 Å². The monoisotopic (exact) mass is 968 g/mol. The van der Waals surface area contributed by atoms with Gasteiger partial charge in [0.1, 0.15) is 18.3 Å². The number of aromatic nitrogens is 2. The highest BCUT2D eigenvalue weighted by molar-refractivity contribution is 6.74. The molecule has 0 amide bonds. The molecule has 5 fully saturated rings. The minimum Gasteiger partial charge on any atom is -0.408 e. The summed E-state index contributed by atoms with van der Waals surface area (Å²) in [6.45, 7) is 16.1. The Kier molecular flexibility index (Phi) is 22.8. The van der Waals surface area contributed by atoms with E-state index in [1.54, 1.807) is 20.0 Å². The summed E-state index contributed by atoms with van der Waals surface area (Å²) in [5.74, 6) is 8.56. The van der Waals surface area contributed by atoms with Crippen LogP contribution in [0.3, 0.4) is 0 Å². The molecule has 1 aliphatic heterocycles. The highest BCUT2D eigenvalue weighted by Gasteiger charge is 2.52. The van der Waals surface area contributed by atoms with Crippen LogP contribution in [0.1, 0.15) is 233 Å². The lowest BCUT2D eigenvalue weighted by Gasteiger charge is -2.40. The van der Waals surface area contributed by atoms with Gasteiger partial charge < -0.3 is 13.9 Å². The second-order valence-corrected chi connectivity index (χ2v) is 29.8. The number of hydrogen-bond donors (Lipinski definition) is 1. The van der Waals surface area contributed by atoms with Gasteiger partial charge in [-0.05, 0) is 117 Å². The molecule has 68 heavy (non-hydrogen) atoms. The standard InChI is InChI=1S/C58H105N3O6Si/c1-10-12-22-28-43-36-47(43)40-49-38-45(49)30-24-18-14-16-20-26-32-51(33-27-21-17-15-19-25-31-46-39-50(46)41-48-37-44(48)29-23-13-11-2)60(6)65-42-52-54(67-68(8,9)58(3,4)5)55(64-7)56(66-52)61-35-34-53(62)59-57(61)63/h34-35,43-52,54-56H,10-33,36-42H2,1-9H3,(H,59,62,63)/t43?,44?,45?,46?,47?,48?,49?,50?,51?,52-,54?,55?,56-/m1/s1. The first-order valence-corrected chi connectivity index (χ1v) is 32.2. The maximum Gasteiger partial charge on any atom is 0.330 e. The fourth-order valence-electron chi connectivity index (χ4n) is 12.3. The van der Waals surface area contributed by atoms with E-state index >= 15 is 0 Å². The Labute approximate surface area is 417 Å². The lowest BCUT2D eigenvalue weighted by Crippen LogP contribution is -2.51. The van der Waals surface area contributed by atoms with Crippen molar-refractivity contribution >= 4 is 8.32 Å². The normalized spacial score (nSPS) is 30.3. The summed E-state index contributed by atoms with van der Waals surface area (Å²) in [6, 6.07) is 1.69. The summed E-state index contributed by atoms with van der Waals surface area (Å²) < 4.78 is 21.2. The average molecular weight is 969 g/mol. The number of unbranched alkanes of at least 4 members (excludes halogenated alkanes) is 14. The minimum atomic E-state index is -2.28. The first-order chi connectivity index (χ1) is 32.7. The largest absolute Gasteiger partial charge is 0.408 e. The first kappa shape index (κ1) is 56.0. The lowest BCUT2D eigenvalue weighted by atomic mass is 9.99. The van der Waals surface area contributed by atoms with E-state index in [-0.39, 0.29) is 5.04 Å². The van der Waals surface area contributed by atoms with Crippen molar-refractivity contribution in [3.05, 3.63) is 33.1 Å². The number of nitrogens with one attached hydrogen (secondary N) is 1. The molecular formula is C58H105N3O6Si. The van der Waals surface area contributed by atoms with Crippen LogP contribution in [0.4, 0.5) is 0 Å². The van der Waals surface area contributed by atoms with Gasteiger partial charge in [-0.1, -0.05) is 176 Å². The molecule has 4 aliphatic carbocycles. The molecule has 12 atom stereocenters. The topological polar surface area (TPSA) is 95.0 Å². The van der Waals surface area contributed by atoms with Crippen molar-refractivity contribution in [2.75, 3.05) is 20.8 Å². The predicted molar refractivity (Wildman–Crippen MR) is 283 cm³/mol. The van der Waals surface area contributed by atoms with E-state index in [1.807, 2.05) is 0 Å². The van der Waals surface area contributed by atoms with Crippen molar-refractivity contribution in [1.82, 2.24) is 14.6 Å². The van der Waals surface area contributed by atoms with Crippen molar-refractivity contribution in [3.8, 4) is 0 Å². The van der Waals surface area contributed by atoms with Crippen molar-refractivity contribution in [2.45, 2.75) is 276 Å². The number of aromatic amines is 1. The fraction of sp³-hybridized carbons (Fsp3) is 0.931. The van der Waals surface area contributed by atoms with Crippen LogP contribution in [-0.4, -0.2) is 68.0 Å². The van der Waals surface area contributed by atoms with E-state index in [0.717, 1.165) is 60.2 Å². The molecule has 1 aromatic heterocycles. The van der Waals surface area contributed by atoms with Crippen LogP contribution < -0.4 is 11.2 Å². The quantitative estimate of drug-likeness (QED) is 0.0401. The number of methoxy groups -OCH3 is 1. The van der Waals surface area contributed by atoms with Crippen LogP contribution in [0.15, 0.2) is 21.9 Å². The van der Waals surface area contributed by atoms with Crippen molar-refractivity contribution in [3.63, 3.8) is 0 Å². The molecular weight excluding hydrogens is 863 g/mol. The van der Waals surface area contributed by atoms with E-state index in [0.29, 0.717) is 12.6 Å². The number of H-pyrrole nitrogens is 1. The molecule has 2 heterocycles. The molecule has 10 unspecified atom stereocenters. The number of rotatable bonds is 38. The van der Waals surface area contributed by atoms with Gasteiger partial charge in [0.15, 0.2) is 14.5 Å². The van der Waals surface area contributed by atoms with Crippen LogP contribution in [0.5, 0.6) is 0 Å². The zero-order chi connectivity index (χ0) is 48.7. The second kappa shape index (κ2) is 27.7. The van der Waals surface area contributed by atoms with Gasteiger partial charge >= 0.3 is 5.69 Å². The maximum atomic E-state index is 13.0. The smallest absolute Gasteiger partial charge is 0.330 e. The van der Waals surface area contributed by atoms with Crippen LogP contribution in [0.2, 0.25) is 18.1 Å². The molecule has 0 aromatic carbocycles. The molecule has 0 bridgehead atoms. The molecule has 1 saturated heterocycles. The summed E-state index contributed by atoms with van der Waals surface area (Å²) in [4.78, 5) is 34.1. The highest BCUT2D eigenvalue weighted by Crippen LogP contribution is 2.56. The maximum absolute atomic E-state index is 13.0. The third-order valence-electron chi connectivity index (χ3n) is 18.4. The molecule has 1 aromatic rings. The molecule has 9 nitrogen and oxygen atoms in total. The molecule has 5 aliphatic rings. The van der Waals surface area contributed by atoms with Gasteiger partial charge in [-0.3, -0.25) is 19.2 Å². The fourth-order valence-corrected chi connectivity index (χ4v) is 13.6. The zero-order valence-electron chi connectivity index (χ0n) is 45.4. The van der Waals surface area contributed by atoms with Crippen molar-refractivity contribution in [2.24, 2.45) is 47.3 Å². The Morgan fingerprint density at radius 3 is 1.54 bits per heavy atom. The average Bonchev–Trinajstić information content (AvgIpc) is 4.18. The SMILES string of the molecule is CCCCCC1CC1CC1CC1CCCCCCCCC(CCCCCCCCC1CC1CC1CC1CCCCC)N(C)OC[C@H]1O[C@@H](n2ccc(=O)[nH]c2=O)C(OC)C1O[Si](C)(C)C(C)(C)C. The zero-order valence-corrected chi connectivity index (χ0v) is 46.4. The molecule has 392 valence electrons. The Balaban J connectivity index is 0.925. The number of nitrogens with zero attached hydrogens (tertiary/aromatic N) is 2. The summed E-state index contributed by atoms with van der Waals surface area (Å²) in [5, 5.41) is 2.09. The summed E-state index contributed by atoms with van der Waals surface area (Å²) in [6.07, 6.45) is 41.3. The van der Waals surface area contributed by atoms with Crippen LogP contribution in [0, 0.1) is 47.3 Å². The second-order valence-electron chi connectivity index (χ2n) is 25.0. The van der Waals surface area contributed by atoms with Crippen LogP contribution in [0.25, 0.3) is 0 Å². The molecule has 4 saturated carbocycles. The predicted octanol–water partition coefficient (Wildman–Crippen LogP) is 14.8. The number of hydroxylamine groups is 2. The Hall–Kier alpha value is -1.30. The highest BCUT2D eigenvalue weighted by atomic mass is 28.4. The van der Waals surface area contributed by atoms with Crippen molar-refractivity contribution < 1.29 is 18.7 Å². The summed E-state index contributed by atoms with van der Waals surface area (Å²) in [5.41, 5.74) is -0.958. The Morgan fingerprint density at radius 1 is 0.676 bits per heavy atom. The third kappa shape index (κ3) is 18.0. The Morgan fingerprint density at radius 2 is 1.12 bits per heavy atom. The first-order valence-electron chi connectivity index (χ1n) is 29.3. The van der Waals surface area contributed by atoms with E-state index in [1.165, 1.54) is 184 Å². The van der Waals surface area contributed by atoms with E-state index < -0.39 is 44.1 Å². The van der Waals surface area contributed by atoms with Crippen LogP contribution >= 0.6 is 0 Å². The molecule has 0 radical (unpaired) electrons. The minimum absolute atomic E-state index is 0.0353. The number of hydrogen-bond acceptors (Lipinski definition) is 7. The third-order valence-corrected chi connectivity index (χ3v) is 22.9. The van der Waals surface area contributed by atoms with E-state index in [2.05, 4.69) is 64.8 Å². The summed E-state index contributed by atoms with van der Waals surface area (Å²) in [7, 11) is 1.48. The van der Waals surface area contributed by atoms with E-state index in [4.69, 9.17) is 18.7 Å². The number of ether oxygens (including phenoxy) is 2. The van der Waals surface area contributed by atoms with Gasteiger partial charge in [0.05, 0.1) is 6.61 Å². The Bertz CT molecular complexity index is 1640.